The summed E-state index contributed by atoms with van der Waals surface area (Å²) in [5, 5.41) is 2.73. The molecule has 2 rings (SSSR count). The first-order valence-electron chi connectivity index (χ1n) is 8.76. The zero-order valence-corrected chi connectivity index (χ0v) is 15.5. The summed E-state index contributed by atoms with van der Waals surface area (Å²) in [6.07, 6.45) is 1.79. The number of rotatable bonds is 8. The summed E-state index contributed by atoms with van der Waals surface area (Å²) in [7, 11) is 0. The van der Waals surface area contributed by atoms with E-state index in [1.165, 1.54) is 0 Å². The van der Waals surface area contributed by atoms with Crippen LogP contribution in [0.25, 0.3) is 0 Å². The van der Waals surface area contributed by atoms with E-state index in [1.54, 1.807) is 24.3 Å². The molecule has 2 aromatic rings. The highest BCUT2D eigenvalue weighted by molar-refractivity contribution is 5.95. The van der Waals surface area contributed by atoms with Gasteiger partial charge in [0.05, 0.1) is 12.2 Å². The van der Waals surface area contributed by atoms with Crippen LogP contribution >= 0.6 is 0 Å². The van der Waals surface area contributed by atoms with E-state index < -0.39 is 0 Å². The molecule has 0 aliphatic heterocycles. The second-order valence-electron chi connectivity index (χ2n) is 6.23. The Balaban J connectivity index is 1.90. The molecular weight excluding hydrogens is 330 g/mol. The first-order chi connectivity index (χ1) is 12.5. The lowest BCUT2D eigenvalue weighted by molar-refractivity contribution is -0.118. The van der Waals surface area contributed by atoms with Gasteiger partial charge in [0.1, 0.15) is 5.75 Å². The molecule has 0 saturated heterocycles. The van der Waals surface area contributed by atoms with Crippen LogP contribution in [-0.4, -0.2) is 25.1 Å². The number of hydrogen-bond donors (Lipinski definition) is 1. The second-order valence-corrected chi connectivity index (χ2v) is 6.23. The van der Waals surface area contributed by atoms with Crippen LogP contribution < -0.4 is 10.1 Å². The molecule has 0 spiro atoms. The van der Waals surface area contributed by atoms with Gasteiger partial charge in [0.25, 0.3) is 5.91 Å². The number of carbonyl (C=O) groups is 2. The number of benzene rings is 2. The summed E-state index contributed by atoms with van der Waals surface area (Å²) in [4.78, 5) is 24.1. The molecule has 0 atom stereocenters. The minimum Gasteiger partial charge on any atom is -0.484 e. The van der Waals surface area contributed by atoms with E-state index in [0.29, 0.717) is 23.6 Å². The lowest BCUT2D eigenvalue weighted by Crippen LogP contribution is -2.20. The maximum Gasteiger partial charge on any atom is 0.338 e. The average molecular weight is 355 g/mol. The van der Waals surface area contributed by atoms with E-state index in [9.17, 15) is 9.59 Å². The van der Waals surface area contributed by atoms with Crippen LogP contribution in [0.15, 0.2) is 42.5 Å². The van der Waals surface area contributed by atoms with Gasteiger partial charge in [-0.05, 0) is 61.7 Å². The molecule has 0 heterocycles. The second kappa shape index (κ2) is 9.61. The van der Waals surface area contributed by atoms with Gasteiger partial charge in [0.2, 0.25) is 0 Å². The largest absolute Gasteiger partial charge is 0.484 e. The minimum absolute atomic E-state index is 0.103. The number of amides is 1. The van der Waals surface area contributed by atoms with E-state index in [0.717, 1.165) is 24.0 Å². The molecule has 0 saturated carbocycles. The number of nitrogens with one attached hydrogen (secondary N) is 1. The predicted molar refractivity (Wildman–Crippen MR) is 102 cm³/mol. The Morgan fingerprint density at radius 2 is 1.77 bits per heavy atom. The summed E-state index contributed by atoms with van der Waals surface area (Å²) in [5.74, 6) is -0.0207. The molecule has 0 fully saturated rings. The van der Waals surface area contributed by atoms with Gasteiger partial charge in [-0.3, -0.25) is 4.79 Å². The topological polar surface area (TPSA) is 64.6 Å². The highest BCUT2D eigenvalue weighted by Gasteiger charge is 2.10. The summed E-state index contributed by atoms with van der Waals surface area (Å²) in [6, 6.07) is 12.5. The molecule has 138 valence electrons. The summed E-state index contributed by atoms with van der Waals surface area (Å²) >= 11 is 0. The third-order valence-electron chi connectivity index (χ3n) is 3.68. The number of anilines is 1. The minimum atomic E-state index is -0.388. The van der Waals surface area contributed by atoms with E-state index >= 15 is 0 Å². The van der Waals surface area contributed by atoms with Crippen LogP contribution in [0.3, 0.4) is 0 Å². The molecule has 26 heavy (non-hydrogen) atoms. The highest BCUT2D eigenvalue weighted by Crippen LogP contribution is 2.16. The third-order valence-corrected chi connectivity index (χ3v) is 3.68. The van der Waals surface area contributed by atoms with E-state index in [4.69, 9.17) is 9.47 Å². The van der Waals surface area contributed by atoms with Crippen LogP contribution in [0.4, 0.5) is 5.69 Å². The predicted octanol–water partition coefficient (Wildman–Crippen LogP) is 4.28. The van der Waals surface area contributed by atoms with Gasteiger partial charge >= 0.3 is 5.97 Å². The quantitative estimate of drug-likeness (QED) is 0.567. The van der Waals surface area contributed by atoms with Crippen molar-refractivity contribution in [3.63, 3.8) is 0 Å². The fraction of sp³-hybridized carbons (Fsp3) is 0.333. The van der Waals surface area contributed by atoms with Gasteiger partial charge in [-0.2, -0.15) is 0 Å². The maximum atomic E-state index is 12.1. The molecule has 0 unspecified atom stereocenters. The Kier molecular flexibility index (Phi) is 7.21. The van der Waals surface area contributed by atoms with Crippen LogP contribution in [0.5, 0.6) is 5.75 Å². The standard InChI is InChI=1S/C21H25NO4/c1-4-5-9-25-21(24)17-7-6-8-18(13-17)22-20(23)14-26-19-11-15(2)10-16(3)12-19/h6-8,10-13H,4-5,9,14H2,1-3H3,(H,22,23). The monoisotopic (exact) mass is 355 g/mol. The van der Waals surface area contributed by atoms with Crippen LogP contribution in [0.2, 0.25) is 0 Å². The van der Waals surface area contributed by atoms with Crippen molar-refractivity contribution in [2.75, 3.05) is 18.5 Å². The van der Waals surface area contributed by atoms with E-state index in [1.807, 2.05) is 39.0 Å². The molecule has 0 bridgehead atoms. The van der Waals surface area contributed by atoms with Crippen molar-refractivity contribution in [2.24, 2.45) is 0 Å². The van der Waals surface area contributed by atoms with Gasteiger partial charge in [-0.15, -0.1) is 0 Å². The van der Waals surface area contributed by atoms with Crippen molar-refractivity contribution in [3.05, 3.63) is 59.2 Å². The fourth-order valence-electron chi connectivity index (χ4n) is 2.48. The smallest absolute Gasteiger partial charge is 0.338 e. The van der Waals surface area contributed by atoms with Gasteiger partial charge in [-0.1, -0.05) is 25.5 Å². The van der Waals surface area contributed by atoms with Crippen LogP contribution in [-0.2, 0) is 9.53 Å². The Labute approximate surface area is 154 Å². The van der Waals surface area contributed by atoms with Crippen molar-refractivity contribution in [2.45, 2.75) is 33.6 Å². The molecule has 0 aromatic heterocycles. The molecule has 1 N–H and O–H groups in total. The van der Waals surface area contributed by atoms with Crippen molar-refractivity contribution in [3.8, 4) is 5.75 Å². The van der Waals surface area contributed by atoms with E-state index in [-0.39, 0.29) is 18.5 Å². The average Bonchev–Trinajstić information content (AvgIpc) is 2.59. The van der Waals surface area contributed by atoms with Gasteiger partial charge < -0.3 is 14.8 Å². The highest BCUT2D eigenvalue weighted by atomic mass is 16.5. The SMILES string of the molecule is CCCCOC(=O)c1cccc(NC(=O)COc2cc(C)cc(C)c2)c1. The van der Waals surface area contributed by atoms with Crippen LogP contribution in [0.1, 0.15) is 41.3 Å². The lowest BCUT2D eigenvalue weighted by Gasteiger charge is -2.10. The van der Waals surface area contributed by atoms with Gasteiger partial charge in [0, 0.05) is 5.69 Å². The van der Waals surface area contributed by atoms with Crippen LogP contribution in [0, 0.1) is 13.8 Å². The number of unbranched alkanes of at least 4 members (excludes halogenated alkanes) is 1. The first-order valence-corrected chi connectivity index (χ1v) is 8.76. The molecule has 2 aromatic carbocycles. The summed E-state index contributed by atoms with van der Waals surface area (Å²) in [6.45, 7) is 6.28. The first kappa shape index (κ1) is 19.5. The summed E-state index contributed by atoms with van der Waals surface area (Å²) in [5.41, 5.74) is 3.10. The lowest BCUT2D eigenvalue weighted by atomic mass is 10.1. The normalized spacial score (nSPS) is 10.3. The molecule has 5 heteroatoms. The molecule has 5 nitrogen and oxygen atoms in total. The molecule has 1 amide bonds. The van der Waals surface area contributed by atoms with Gasteiger partial charge in [-0.25, -0.2) is 4.79 Å². The number of esters is 1. The zero-order chi connectivity index (χ0) is 18.9. The Morgan fingerprint density at radius 1 is 1.04 bits per heavy atom. The zero-order valence-electron chi connectivity index (χ0n) is 15.5. The fourth-order valence-corrected chi connectivity index (χ4v) is 2.48. The van der Waals surface area contributed by atoms with Crippen molar-refractivity contribution >= 4 is 17.6 Å². The molecular formula is C21H25NO4. The number of ether oxygens (including phenoxy) is 2. The maximum absolute atomic E-state index is 12.1. The number of carbonyl (C=O) groups excluding carboxylic acids is 2. The molecule has 0 aliphatic rings. The molecule has 0 radical (unpaired) electrons. The van der Waals surface area contributed by atoms with E-state index in [2.05, 4.69) is 5.32 Å². The Bertz CT molecular complexity index is 750. The van der Waals surface area contributed by atoms with Crippen molar-refractivity contribution in [1.29, 1.82) is 0 Å². The molecule has 0 aliphatic carbocycles. The number of hydrogen-bond acceptors (Lipinski definition) is 4. The third kappa shape index (κ3) is 6.24. The Morgan fingerprint density at radius 3 is 2.46 bits per heavy atom. The van der Waals surface area contributed by atoms with Crippen molar-refractivity contribution < 1.29 is 19.1 Å². The van der Waals surface area contributed by atoms with Gasteiger partial charge in [0.15, 0.2) is 6.61 Å². The van der Waals surface area contributed by atoms with Crippen molar-refractivity contribution in [1.82, 2.24) is 0 Å². The Hall–Kier alpha value is -2.82. The number of aryl methyl sites for hydroxylation is 2. The summed E-state index contributed by atoms with van der Waals surface area (Å²) < 4.78 is 10.7.